The van der Waals surface area contributed by atoms with Crippen molar-refractivity contribution in [3.05, 3.63) is 47.2 Å². The number of nitrogens with zero attached hydrogens (tertiary/aromatic N) is 1. The van der Waals surface area contributed by atoms with E-state index in [9.17, 15) is 19.8 Å². The fraction of sp³-hybridized carbons (Fsp3) is 0.231. The van der Waals surface area contributed by atoms with E-state index >= 15 is 0 Å². The predicted molar refractivity (Wildman–Crippen MR) is 65.8 cm³/mol. The van der Waals surface area contributed by atoms with E-state index in [-0.39, 0.29) is 24.3 Å². The zero-order valence-corrected chi connectivity index (χ0v) is 9.98. The molecule has 0 fully saturated rings. The molecule has 2 rings (SSSR count). The Hall–Kier alpha value is -2.50. The quantitative estimate of drug-likeness (QED) is 0.758. The van der Waals surface area contributed by atoms with Crippen molar-refractivity contribution in [3.8, 4) is 0 Å². The number of hydrogen-bond acceptors (Lipinski definition) is 3. The molecule has 0 unspecified atom stereocenters. The summed E-state index contributed by atoms with van der Waals surface area (Å²) in [5.74, 6) is -1.56. The molecule has 0 aliphatic carbocycles. The number of aliphatic carboxylic acids is 1. The first-order valence-corrected chi connectivity index (χ1v) is 5.69. The summed E-state index contributed by atoms with van der Waals surface area (Å²) in [7, 11) is 0. The van der Waals surface area contributed by atoms with Crippen molar-refractivity contribution in [2.75, 3.05) is 6.54 Å². The van der Waals surface area contributed by atoms with Gasteiger partial charge in [0.15, 0.2) is 0 Å². The second kappa shape index (κ2) is 5.01. The van der Waals surface area contributed by atoms with E-state index in [2.05, 4.69) is 0 Å². The number of aliphatic hydroxyl groups excluding tert-OH is 1. The van der Waals surface area contributed by atoms with Crippen LogP contribution in [0.1, 0.15) is 18.0 Å². The number of benzene rings is 1. The molecule has 6 heteroatoms. The zero-order chi connectivity index (χ0) is 14.0. The minimum Gasteiger partial charge on any atom is -0.512 e. The second-order valence-electron chi connectivity index (χ2n) is 4.27. The van der Waals surface area contributed by atoms with Crippen LogP contribution in [0.25, 0.3) is 0 Å². The molecule has 0 bridgehead atoms. The maximum Gasteiger partial charge on any atom is 0.408 e. The normalized spacial score (nSPS) is 19.4. The van der Waals surface area contributed by atoms with Crippen molar-refractivity contribution in [1.82, 2.24) is 4.90 Å². The van der Waals surface area contributed by atoms with Crippen molar-refractivity contribution in [2.45, 2.75) is 12.5 Å². The molecule has 1 aromatic carbocycles. The number of amides is 1. The van der Waals surface area contributed by atoms with Crippen LogP contribution in [-0.2, 0) is 4.79 Å². The maximum atomic E-state index is 11.2. The number of hydrogen-bond donors (Lipinski definition) is 3. The number of rotatable bonds is 2. The van der Waals surface area contributed by atoms with Crippen molar-refractivity contribution in [3.63, 3.8) is 0 Å². The number of aliphatic hydroxyl groups is 1. The highest BCUT2D eigenvalue weighted by Crippen LogP contribution is 2.33. The van der Waals surface area contributed by atoms with Crippen LogP contribution in [-0.4, -0.2) is 38.8 Å². The first-order valence-electron chi connectivity index (χ1n) is 5.69. The highest BCUT2D eigenvalue weighted by Gasteiger charge is 2.34. The molecule has 0 radical (unpaired) electrons. The van der Waals surface area contributed by atoms with Gasteiger partial charge in [-0.3, -0.25) is 4.90 Å². The lowest BCUT2D eigenvalue weighted by Crippen LogP contribution is -2.40. The molecule has 1 atom stereocenters. The van der Waals surface area contributed by atoms with Crippen LogP contribution in [0.15, 0.2) is 41.7 Å². The molecule has 1 aliphatic rings. The van der Waals surface area contributed by atoms with Crippen LogP contribution in [0.4, 0.5) is 4.79 Å². The maximum absolute atomic E-state index is 11.2. The van der Waals surface area contributed by atoms with Gasteiger partial charge in [0.1, 0.15) is 5.76 Å². The average molecular weight is 263 g/mol. The van der Waals surface area contributed by atoms with Crippen LogP contribution < -0.4 is 0 Å². The molecule has 3 N–H and O–H groups in total. The van der Waals surface area contributed by atoms with Gasteiger partial charge in [0.25, 0.3) is 0 Å². The van der Waals surface area contributed by atoms with E-state index in [1.165, 1.54) is 0 Å². The van der Waals surface area contributed by atoms with Crippen LogP contribution in [0.2, 0.25) is 0 Å². The fourth-order valence-corrected chi connectivity index (χ4v) is 2.15. The van der Waals surface area contributed by atoms with Crippen LogP contribution >= 0.6 is 0 Å². The molecular formula is C13H13NO5. The average Bonchev–Trinajstić information content (AvgIpc) is 2.38. The zero-order valence-electron chi connectivity index (χ0n) is 9.98. The van der Waals surface area contributed by atoms with Gasteiger partial charge in [-0.1, -0.05) is 30.3 Å². The largest absolute Gasteiger partial charge is 0.512 e. The molecule has 6 nitrogen and oxygen atoms in total. The molecule has 0 saturated heterocycles. The first-order chi connectivity index (χ1) is 9.00. The molecule has 0 aromatic heterocycles. The van der Waals surface area contributed by atoms with Crippen molar-refractivity contribution in [1.29, 1.82) is 0 Å². The Balaban J connectivity index is 2.39. The summed E-state index contributed by atoms with van der Waals surface area (Å²) in [6.07, 6.45) is -1.24. The Kier molecular flexibility index (Phi) is 3.41. The third-order valence-electron chi connectivity index (χ3n) is 3.13. The summed E-state index contributed by atoms with van der Waals surface area (Å²) in [6, 6.07) is 8.27. The van der Waals surface area contributed by atoms with E-state index in [4.69, 9.17) is 5.11 Å². The van der Waals surface area contributed by atoms with Crippen LogP contribution in [0.3, 0.4) is 0 Å². The minimum atomic E-state index is -1.30. The number of carbonyl (C=O) groups is 2. The van der Waals surface area contributed by atoms with E-state index < -0.39 is 18.1 Å². The summed E-state index contributed by atoms with van der Waals surface area (Å²) >= 11 is 0. The molecule has 1 aromatic rings. The summed E-state index contributed by atoms with van der Waals surface area (Å²) in [6.45, 7) is -0.323. The summed E-state index contributed by atoms with van der Waals surface area (Å²) < 4.78 is 0. The second-order valence-corrected chi connectivity index (χ2v) is 4.27. The van der Waals surface area contributed by atoms with Crippen molar-refractivity contribution >= 4 is 12.1 Å². The monoisotopic (exact) mass is 263 g/mol. The Labute approximate surface area is 109 Å². The first kappa shape index (κ1) is 12.9. The van der Waals surface area contributed by atoms with Gasteiger partial charge < -0.3 is 15.3 Å². The molecule has 1 heterocycles. The fourth-order valence-electron chi connectivity index (χ4n) is 2.15. The third kappa shape index (κ3) is 2.52. The topological polar surface area (TPSA) is 98.1 Å². The van der Waals surface area contributed by atoms with Gasteiger partial charge in [-0.15, -0.1) is 0 Å². The lowest BCUT2D eigenvalue weighted by Gasteiger charge is -2.33. The molecule has 1 amide bonds. The number of carboxylic acids is 1. The van der Waals surface area contributed by atoms with Gasteiger partial charge in [-0.2, -0.15) is 0 Å². The van der Waals surface area contributed by atoms with E-state index in [0.29, 0.717) is 0 Å². The van der Waals surface area contributed by atoms with Gasteiger partial charge >= 0.3 is 12.1 Å². The SMILES string of the molecule is O=C(O)C1=C(O)C[C@@H](c2ccccc2)N(C(=O)O)C1. The lowest BCUT2D eigenvalue weighted by molar-refractivity contribution is -0.133. The van der Waals surface area contributed by atoms with E-state index in [1.807, 2.05) is 0 Å². The van der Waals surface area contributed by atoms with Crippen molar-refractivity contribution < 1.29 is 24.9 Å². The minimum absolute atomic E-state index is 0.0298. The summed E-state index contributed by atoms with van der Waals surface area (Å²) in [5.41, 5.74) is 0.454. The molecule has 19 heavy (non-hydrogen) atoms. The Morgan fingerprint density at radius 1 is 1.16 bits per heavy atom. The Morgan fingerprint density at radius 2 is 1.79 bits per heavy atom. The van der Waals surface area contributed by atoms with Crippen LogP contribution in [0, 0.1) is 0 Å². The molecule has 1 aliphatic heterocycles. The molecule has 100 valence electrons. The summed E-state index contributed by atoms with van der Waals surface area (Å²) in [5, 5.41) is 27.9. The number of carboxylic acid groups (broad SMARTS) is 2. The van der Waals surface area contributed by atoms with Gasteiger partial charge in [-0.25, -0.2) is 9.59 Å². The molecule has 0 saturated carbocycles. The van der Waals surface area contributed by atoms with E-state index in [1.54, 1.807) is 30.3 Å². The van der Waals surface area contributed by atoms with Gasteiger partial charge in [0.05, 0.1) is 18.2 Å². The third-order valence-corrected chi connectivity index (χ3v) is 3.13. The lowest BCUT2D eigenvalue weighted by atomic mass is 9.95. The highest BCUT2D eigenvalue weighted by molar-refractivity contribution is 5.88. The van der Waals surface area contributed by atoms with E-state index in [0.717, 1.165) is 10.5 Å². The van der Waals surface area contributed by atoms with Gasteiger partial charge in [0, 0.05) is 6.42 Å². The summed E-state index contributed by atoms with van der Waals surface area (Å²) in [4.78, 5) is 23.2. The smallest absolute Gasteiger partial charge is 0.408 e. The van der Waals surface area contributed by atoms with Crippen LogP contribution in [0.5, 0.6) is 0 Å². The highest BCUT2D eigenvalue weighted by atomic mass is 16.4. The van der Waals surface area contributed by atoms with Gasteiger partial charge in [0.2, 0.25) is 0 Å². The molecule has 0 spiro atoms. The predicted octanol–water partition coefficient (Wildman–Crippen LogP) is 2.01. The Morgan fingerprint density at radius 3 is 2.32 bits per heavy atom. The standard InChI is InChI=1S/C13H13NO5/c15-11-6-10(8-4-2-1-3-5-8)14(13(18)19)7-9(11)12(16)17/h1-5,10,15H,6-7H2,(H,16,17)(H,18,19)/t10-/m0/s1. The van der Waals surface area contributed by atoms with Gasteiger partial charge in [-0.05, 0) is 5.56 Å². The molecular weight excluding hydrogens is 250 g/mol. The van der Waals surface area contributed by atoms with Crippen molar-refractivity contribution in [2.24, 2.45) is 0 Å². The Bertz CT molecular complexity index is 537.